The van der Waals surface area contributed by atoms with Crippen LogP contribution in [0.15, 0.2) is 30.0 Å². The molecule has 0 aromatic carbocycles. The van der Waals surface area contributed by atoms with Crippen LogP contribution >= 0.6 is 0 Å². The van der Waals surface area contributed by atoms with Gasteiger partial charge in [0.15, 0.2) is 0 Å². The maximum Gasteiger partial charge on any atom is 0.218 e. The smallest absolute Gasteiger partial charge is 0.218 e. The van der Waals surface area contributed by atoms with Gasteiger partial charge in [-0.05, 0) is 31.7 Å². The van der Waals surface area contributed by atoms with E-state index in [0.717, 1.165) is 18.4 Å². The largest absolute Gasteiger partial charge is 0.481 e. The molecule has 0 amide bonds. The van der Waals surface area contributed by atoms with Gasteiger partial charge in [-0.1, -0.05) is 30.6 Å². The summed E-state index contributed by atoms with van der Waals surface area (Å²) in [6.07, 6.45) is 11.5. The van der Waals surface area contributed by atoms with Crippen LogP contribution in [0.5, 0.6) is 5.88 Å². The van der Waals surface area contributed by atoms with E-state index in [4.69, 9.17) is 10.5 Å². The van der Waals surface area contributed by atoms with Gasteiger partial charge in [0.25, 0.3) is 0 Å². The van der Waals surface area contributed by atoms with Gasteiger partial charge in [0.2, 0.25) is 5.88 Å². The molecule has 1 aliphatic rings. The molecule has 98 valence electrons. The number of methoxy groups -OCH3 is 1. The summed E-state index contributed by atoms with van der Waals surface area (Å²) in [5.74, 6) is 0.646. The summed E-state index contributed by atoms with van der Waals surface area (Å²) in [5, 5.41) is 0. The van der Waals surface area contributed by atoms with Crippen molar-refractivity contribution < 1.29 is 4.74 Å². The van der Waals surface area contributed by atoms with E-state index in [1.165, 1.54) is 31.3 Å². The number of allylic oxidation sites excluding steroid dienone is 1. The molecule has 1 aromatic rings. The molecule has 2 N–H and O–H groups in total. The molecule has 0 saturated heterocycles. The molecule has 1 heterocycles. The Labute approximate surface area is 109 Å². The summed E-state index contributed by atoms with van der Waals surface area (Å²) in [6.45, 7) is 0. The first-order valence-electron chi connectivity index (χ1n) is 6.76. The molecule has 0 spiro atoms. The molecule has 2 rings (SSSR count). The average molecular weight is 246 g/mol. The molecule has 1 aliphatic carbocycles. The van der Waals surface area contributed by atoms with E-state index < -0.39 is 0 Å². The van der Waals surface area contributed by atoms with E-state index >= 15 is 0 Å². The highest BCUT2D eigenvalue weighted by atomic mass is 16.5. The van der Waals surface area contributed by atoms with Crippen molar-refractivity contribution >= 4 is 0 Å². The normalized spacial score (nSPS) is 21.3. The van der Waals surface area contributed by atoms with Crippen molar-refractivity contribution in [1.82, 2.24) is 4.98 Å². The van der Waals surface area contributed by atoms with Crippen molar-refractivity contribution in [3.05, 3.63) is 35.5 Å². The zero-order valence-corrected chi connectivity index (χ0v) is 11.1. The first kappa shape index (κ1) is 13.1. The van der Waals surface area contributed by atoms with E-state index in [9.17, 15) is 0 Å². The predicted octanol–water partition coefficient (Wildman–Crippen LogP) is 3.37. The molecule has 18 heavy (non-hydrogen) atoms. The molecule has 1 aromatic heterocycles. The molecule has 0 bridgehead atoms. The van der Waals surface area contributed by atoms with Gasteiger partial charge >= 0.3 is 0 Å². The number of nitrogens with two attached hydrogens (primary N) is 1. The molecule has 1 unspecified atom stereocenters. The Bertz CT molecular complexity index is 415. The van der Waals surface area contributed by atoms with Crippen molar-refractivity contribution in [2.75, 3.05) is 7.11 Å². The van der Waals surface area contributed by atoms with Crippen LogP contribution in [0.3, 0.4) is 0 Å². The lowest BCUT2D eigenvalue weighted by Crippen LogP contribution is -2.15. The van der Waals surface area contributed by atoms with Crippen LogP contribution in [0.4, 0.5) is 0 Å². The Balaban J connectivity index is 2.20. The van der Waals surface area contributed by atoms with E-state index in [0.29, 0.717) is 5.88 Å². The quantitative estimate of drug-likeness (QED) is 0.832. The Kier molecular flexibility index (Phi) is 4.76. The van der Waals surface area contributed by atoms with E-state index in [-0.39, 0.29) is 6.04 Å². The van der Waals surface area contributed by atoms with Gasteiger partial charge in [-0.25, -0.2) is 4.98 Å². The lowest BCUT2D eigenvalue weighted by Gasteiger charge is -2.20. The van der Waals surface area contributed by atoms with Crippen molar-refractivity contribution in [1.29, 1.82) is 0 Å². The van der Waals surface area contributed by atoms with Crippen molar-refractivity contribution in [3.63, 3.8) is 0 Å². The lowest BCUT2D eigenvalue weighted by atomic mass is 9.92. The summed E-state index contributed by atoms with van der Waals surface area (Å²) in [5.41, 5.74) is 8.70. The van der Waals surface area contributed by atoms with Gasteiger partial charge in [0.05, 0.1) is 13.2 Å². The molecule has 1 atom stereocenters. The molecule has 0 aliphatic heterocycles. The molecule has 3 heteroatoms. The van der Waals surface area contributed by atoms with Crippen LogP contribution in [0.25, 0.3) is 0 Å². The minimum Gasteiger partial charge on any atom is -0.481 e. The predicted molar refractivity (Wildman–Crippen MR) is 73.5 cm³/mol. The van der Waals surface area contributed by atoms with Crippen molar-refractivity contribution in [3.8, 4) is 5.88 Å². The maximum absolute atomic E-state index is 6.38. The molecule has 0 fully saturated rings. The summed E-state index contributed by atoms with van der Waals surface area (Å²) in [4.78, 5) is 4.23. The third-order valence-electron chi connectivity index (χ3n) is 3.55. The summed E-state index contributed by atoms with van der Waals surface area (Å²) < 4.78 is 5.29. The average Bonchev–Trinajstić information content (AvgIpc) is 2.37. The van der Waals surface area contributed by atoms with E-state index in [2.05, 4.69) is 11.1 Å². The molecular weight excluding hydrogens is 224 g/mol. The highest BCUT2D eigenvalue weighted by molar-refractivity contribution is 5.34. The Hall–Kier alpha value is -1.35. The van der Waals surface area contributed by atoms with Crippen LogP contribution in [0.1, 0.15) is 50.1 Å². The van der Waals surface area contributed by atoms with Gasteiger partial charge in [0.1, 0.15) is 0 Å². The molecule has 0 saturated carbocycles. The van der Waals surface area contributed by atoms with Gasteiger partial charge in [-0.15, -0.1) is 0 Å². The SMILES string of the molecule is COc1ncccc1C(N)/C1=C/CCCCCC1. The number of ether oxygens (including phenoxy) is 1. The Morgan fingerprint density at radius 2 is 2.11 bits per heavy atom. The zero-order valence-electron chi connectivity index (χ0n) is 11.1. The minimum atomic E-state index is -0.0771. The van der Waals surface area contributed by atoms with Crippen molar-refractivity contribution in [2.45, 2.75) is 44.6 Å². The fourth-order valence-corrected chi connectivity index (χ4v) is 2.51. The number of aromatic nitrogens is 1. The first-order chi connectivity index (χ1) is 8.83. The number of hydrogen-bond donors (Lipinski definition) is 1. The number of nitrogens with zero attached hydrogens (tertiary/aromatic N) is 1. The third kappa shape index (κ3) is 3.10. The summed E-state index contributed by atoms with van der Waals surface area (Å²) >= 11 is 0. The number of rotatable bonds is 3. The second kappa shape index (κ2) is 6.55. The van der Waals surface area contributed by atoms with E-state index in [1.54, 1.807) is 13.3 Å². The van der Waals surface area contributed by atoms with Crippen LogP contribution in [0, 0.1) is 0 Å². The number of hydrogen-bond acceptors (Lipinski definition) is 3. The van der Waals surface area contributed by atoms with Crippen molar-refractivity contribution in [2.24, 2.45) is 5.73 Å². The first-order valence-corrected chi connectivity index (χ1v) is 6.76. The summed E-state index contributed by atoms with van der Waals surface area (Å²) in [7, 11) is 1.64. The van der Waals surface area contributed by atoms with Gasteiger partial charge in [-0.3, -0.25) is 0 Å². The number of pyridine rings is 1. The standard InChI is InChI=1S/C15H22N2O/c1-18-15-13(10-7-11-17-15)14(16)12-8-5-3-2-4-6-9-12/h7-8,10-11,14H,2-6,9,16H2,1H3/b12-8+. The fraction of sp³-hybridized carbons (Fsp3) is 0.533. The molecule has 0 radical (unpaired) electrons. The Morgan fingerprint density at radius 3 is 2.94 bits per heavy atom. The molecule has 3 nitrogen and oxygen atoms in total. The molecular formula is C15H22N2O. The van der Waals surface area contributed by atoms with Gasteiger partial charge < -0.3 is 10.5 Å². The van der Waals surface area contributed by atoms with Crippen LogP contribution < -0.4 is 10.5 Å². The van der Waals surface area contributed by atoms with Crippen LogP contribution in [-0.4, -0.2) is 12.1 Å². The third-order valence-corrected chi connectivity index (χ3v) is 3.55. The second-order valence-electron chi connectivity index (χ2n) is 4.81. The highest BCUT2D eigenvalue weighted by Gasteiger charge is 2.17. The second-order valence-corrected chi connectivity index (χ2v) is 4.81. The fourth-order valence-electron chi connectivity index (χ4n) is 2.51. The van der Waals surface area contributed by atoms with E-state index in [1.807, 2.05) is 12.1 Å². The Morgan fingerprint density at radius 1 is 1.28 bits per heavy atom. The van der Waals surface area contributed by atoms with Crippen LogP contribution in [-0.2, 0) is 0 Å². The lowest BCUT2D eigenvalue weighted by molar-refractivity contribution is 0.390. The van der Waals surface area contributed by atoms with Crippen LogP contribution in [0.2, 0.25) is 0 Å². The monoisotopic (exact) mass is 246 g/mol. The van der Waals surface area contributed by atoms with Gasteiger partial charge in [0, 0.05) is 11.8 Å². The summed E-state index contributed by atoms with van der Waals surface area (Å²) in [6, 6.07) is 3.85. The zero-order chi connectivity index (χ0) is 12.8. The highest BCUT2D eigenvalue weighted by Crippen LogP contribution is 2.30. The maximum atomic E-state index is 6.38. The minimum absolute atomic E-state index is 0.0771. The van der Waals surface area contributed by atoms with Gasteiger partial charge in [-0.2, -0.15) is 0 Å². The topological polar surface area (TPSA) is 48.1 Å².